The van der Waals surface area contributed by atoms with E-state index in [9.17, 15) is 4.79 Å². The molecular weight excluding hydrogens is 294 g/mol. The summed E-state index contributed by atoms with van der Waals surface area (Å²) in [5.74, 6) is 0.671. The van der Waals surface area contributed by atoms with Crippen molar-refractivity contribution in [1.29, 1.82) is 0 Å². The summed E-state index contributed by atoms with van der Waals surface area (Å²) in [5, 5.41) is 14.6. The minimum Gasteiger partial charge on any atom is -0.310 e. The van der Waals surface area contributed by atoms with Crippen LogP contribution in [0.25, 0.3) is 0 Å². The van der Waals surface area contributed by atoms with E-state index in [1.165, 1.54) is 23.1 Å². The van der Waals surface area contributed by atoms with Gasteiger partial charge in [-0.05, 0) is 20.3 Å². The fourth-order valence-electron chi connectivity index (χ4n) is 1.58. The number of carbonyl (C=O) groups is 1. The van der Waals surface area contributed by atoms with E-state index in [0.29, 0.717) is 0 Å². The zero-order chi connectivity index (χ0) is 14.5. The second-order valence-electron chi connectivity index (χ2n) is 4.37. The van der Waals surface area contributed by atoms with Crippen molar-refractivity contribution < 1.29 is 4.79 Å². The van der Waals surface area contributed by atoms with Crippen LogP contribution < -0.4 is 5.32 Å². The van der Waals surface area contributed by atoms with E-state index < -0.39 is 0 Å². The van der Waals surface area contributed by atoms with Crippen molar-refractivity contribution in [1.82, 2.24) is 20.0 Å². The molecule has 0 saturated heterocycles. The van der Waals surface area contributed by atoms with Gasteiger partial charge >= 0.3 is 0 Å². The molecule has 0 radical (unpaired) electrons. The third-order valence-electron chi connectivity index (χ3n) is 2.92. The molecule has 0 spiro atoms. The predicted octanol–water partition coefficient (Wildman–Crippen LogP) is 2.82. The summed E-state index contributed by atoms with van der Waals surface area (Å²) in [6.07, 6.45) is 2.66. The molecule has 0 fully saturated rings. The van der Waals surface area contributed by atoms with Crippen molar-refractivity contribution in [2.75, 3.05) is 5.32 Å². The Bertz CT molecular complexity index is 554. The largest absolute Gasteiger partial charge is 0.310 e. The second-order valence-corrected chi connectivity index (χ2v) is 6.79. The molecule has 0 aliphatic rings. The van der Waals surface area contributed by atoms with Gasteiger partial charge in [0.2, 0.25) is 5.91 Å². The molecule has 20 heavy (non-hydrogen) atoms. The number of hydrogen-bond acceptors (Lipinski definition) is 6. The molecule has 108 valence electrons. The highest BCUT2D eigenvalue weighted by Crippen LogP contribution is 2.25. The maximum absolute atomic E-state index is 12.2. The molecule has 0 aliphatic heterocycles. The van der Waals surface area contributed by atoms with Crippen molar-refractivity contribution in [2.45, 2.75) is 42.8 Å². The SMILES string of the molecule is CC[C@H](C)n1nccc1NC(=O)[C@H](C)Sc1nncs1. The lowest BCUT2D eigenvalue weighted by Crippen LogP contribution is -2.24. The summed E-state index contributed by atoms with van der Waals surface area (Å²) >= 11 is 2.83. The number of thioether (sulfide) groups is 1. The van der Waals surface area contributed by atoms with Gasteiger partial charge in [0, 0.05) is 6.07 Å². The maximum atomic E-state index is 12.2. The Balaban J connectivity index is 1.99. The topological polar surface area (TPSA) is 72.7 Å². The highest BCUT2D eigenvalue weighted by Gasteiger charge is 2.18. The fraction of sp³-hybridized carbons (Fsp3) is 0.500. The first-order chi connectivity index (χ1) is 9.61. The first kappa shape index (κ1) is 15.0. The van der Waals surface area contributed by atoms with Gasteiger partial charge in [-0.25, -0.2) is 4.68 Å². The molecule has 0 unspecified atom stereocenters. The molecule has 8 heteroatoms. The average Bonchev–Trinajstić information content (AvgIpc) is 3.09. The summed E-state index contributed by atoms with van der Waals surface area (Å²) < 4.78 is 2.63. The Labute approximate surface area is 126 Å². The number of hydrogen-bond donors (Lipinski definition) is 1. The van der Waals surface area contributed by atoms with E-state index >= 15 is 0 Å². The number of nitrogens with one attached hydrogen (secondary N) is 1. The Morgan fingerprint density at radius 2 is 2.35 bits per heavy atom. The Morgan fingerprint density at radius 1 is 1.55 bits per heavy atom. The van der Waals surface area contributed by atoms with Gasteiger partial charge in [-0.3, -0.25) is 4.79 Å². The number of nitrogens with zero attached hydrogens (tertiary/aromatic N) is 4. The molecule has 6 nitrogen and oxygen atoms in total. The molecule has 2 heterocycles. The van der Waals surface area contributed by atoms with E-state index in [2.05, 4.69) is 34.5 Å². The third-order valence-corrected chi connectivity index (χ3v) is 4.83. The average molecular weight is 311 g/mol. The van der Waals surface area contributed by atoms with Crippen LogP contribution in [0.5, 0.6) is 0 Å². The Hall–Kier alpha value is -1.41. The second kappa shape index (κ2) is 6.85. The molecular formula is C12H17N5OS2. The van der Waals surface area contributed by atoms with Gasteiger partial charge in [0.25, 0.3) is 0 Å². The van der Waals surface area contributed by atoms with Crippen LogP contribution in [0.2, 0.25) is 0 Å². The minimum absolute atomic E-state index is 0.0600. The van der Waals surface area contributed by atoms with Gasteiger partial charge in [0.15, 0.2) is 4.34 Å². The summed E-state index contributed by atoms with van der Waals surface area (Å²) in [6.45, 7) is 6.01. The molecule has 2 rings (SSSR count). The lowest BCUT2D eigenvalue weighted by molar-refractivity contribution is -0.115. The van der Waals surface area contributed by atoms with E-state index in [0.717, 1.165) is 16.6 Å². The van der Waals surface area contributed by atoms with Crippen LogP contribution in [0, 0.1) is 0 Å². The zero-order valence-electron chi connectivity index (χ0n) is 11.6. The number of amides is 1. The lowest BCUT2D eigenvalue weighted by Gasteiger charge is -2.15. The van der Waals surface area contributed by atoms with Gasteiger partial charge in [-0.15, -0.1) is 10.2 Å². The van der Waals surface area contributed by atoms with E-state index in [1.54, 1.807) is 11.7 Å². The van der Waals surface area contributed by atoms with Gasteiger partial charge < -0.3 is 5.32 Å². The van der Waals surface area contributed by atoms with Gasteiger partial charge in [0.05, 0.1) is 17.5 Å². The van der Waals surface area contributed by atoms with Crippen LogP contribution in [0.15, 0.2) is 22.1 Å². The summed E-state index contributed by atoms with van der Waals surface area (Å²) in [6, 6.07) is 2.07. The predicted molar refractivity (Wildman–Crippen MR) is 81.1 cm³/mol. The highest BCUT2D eigenvalue weighted by molar-refractivity contribution is 8.02. The molecule has 2 aromatic rings. The number of rotatable bonds is 6. The molecule has 0 aromatic carbocycles. The number of carbonyl (C=O) groups excluding carboxylic acids is 1. The van der Waals surface area contributed by atoms with E-state index in [-0.39, 0.29) is 17.2 Å². The van der Waals surface area contributed by atoms with Crippen LogP contribution in [0.3, 0.4) is 0 Å². The zero-order valence-corrected chi connectivity index (χ0v) is 13.2. The molecule has 0 saturated carbocycles. The van der Waals surface area contributed by atoms with Crippen LogP contribution in [0.1, 0.15) is 33.2 Å². The molecule has 2 atom stereocenters. The Morgan fingerprint density at radius 3 is 3.00 bits per heavy atom. The highest BCUT2D eigenvalue weighted by atomic mass is 32.2. The summed E-state index contributed by atoms with van der Waals surface area (Å²) in [7, 11) is 0. The van der Waals surface area contributed by atoms with Crippen LogP contribution in [0.4, 0.5) is 5.82 Å². The standard InChI is InChI=1S/C12H17N5OS2/c1-4-8(2)17-10(5-6-14-17)15-11(18)9(3)20-12-16-13-7-19-12/h5-9H,4H2,1-3H3,(H,15,18)/t8-,9-/m0/s1. The third kappa shape index (κ3) is 3.57. The Kier molecular flexibility index (Phi) is 5.13. The van der Waals surface area contributed by atoms with Gasteiger partial charge in [0.1, 0.15) is 11.3 Å². The van der Waals surface area contributed by atoms with Crippen LogP contribution in [-0.4, -0.2) is 31.1 Å². The quantitative estimate of drug-likeness (QED) is 0.830. The molecule has 1 N–H and O–H groups in total. The van der Waals surface area contributed by atoms with Crippen molar-refractivity contribution in [3.05, 3.63) is 17.8 Å². The monoisotopic (exact) mass is 311 g/mol. The van der Waals surface area contributed by atoms with E-state index in [1.807, 2.05) is 17.7 Å². The lowest BCUT2D eigenvalue weighted by atomic mass is 10.3. The van der Waals surface area contributed by atoms with Crippen molar-refractivity contribution in [3.8, 4) is 0 Å². The maximum Gasteiger partial charge on any atom is 0.238 e. The molecule has 0 aliphatic carbocycles. The van der Waals surface area contributed by atoms with Gasteiger partial charge in [-0.2, -0.15) is 5.10 Å². The van der Waals surface area contributed by atoms with Crippen molar-refractivity contribution in [2.24, 2.45) is 0 Å². The molecule has 0 bridgehead atoms. The van der Waals surface area contributed by atoms with Crippen LogP contribution in [-0.2, 0) is 4.79 Å². The normalized spacial score (nSPS) is 13.9. The summed E-state index contributed by atoms with van der Waals surface area (Å²) in [5.41, 5.74) is 1.66. The van der Waals surface area contributed by atoms with Crippen molar-refractivity contribution >= 4 is 34.8 Å². The van der Waals surface area contributed by atoms with Crippen LogP contribution >= 0.6 is 23.1 Å². The van der Waals surface area contributed by atoms with Gasteiger partial charge in [-0.1, -0.05) is 30.0 Å². The fourth-order valence-corrected chi connectivity index (χ4v) is 3.21. The first-order valence-corrected chi connectivity index (χ1v) is 8.15. The number of anilines is 1. The number of aromatic nitrogens is 4. The molecule has 2 aromatic heterocycles. The smallest absolute Gasteiger partial charge is 0.238 e. The van der Waals surface area contributed by atoms with Crippen molar-refractivity contribution in [3.63, 3.8) is 0 Å². The van der Waals surface area contributed by atoms with E-state index in [4.69, 9.17) is 0 Å². The first-order valence-electron chi connectivity index (χ1n) is 6.39. The minimum atomic E-state index is -0.233. The summed E-state index contributed by atoms with van der Waals surface area (Å²) in [4.78, 5) is 12.2. The molecule has 1 amide bonds.